The van der Waals surface area contributed by atoms with Gasteiger partial charge in [-0.1, -0.05) is 12.2 Å². The minimum Gasteiger partial charge on any atom is -0.348 e. The number of nitrogens with zero attached hydrogens (tertiary/aromatic N) is 3. The molecule has 0 spiro atoms. The fourth-order valence-electron chi connectivity index (χ4n) is 3.14. The molecule has 1 saturated heterocycles. The van der Waals surface area contributed by atoms with Gasteiger partial charge in [0.05, 0.1) is 6.33 Å². The largest absolute Gasteiger partial charge is 0.348 e. The monoisotopic (exact) mass is 302 g/mol. The molecule has 0 atom stereocenters. The van der Waals surface area contributed by atoms with Gasteiger partial charge in [-0.15, -0.1) is 0 Å². The fourth-order valence-corrected chi connectivity index (χ4v) is 3.14. The van der Waals surface area contributed by atoms with Crippen LogP contribution in [-0.4, -0.2) is 57.8 Å². The molecule has 0 unspecified atom stereocenters. The van der Waals surface area contributed by atoms with E-state index in [1.807, 2.05) is 16.7 Å². The molecule has 1 aromatic heterocycles. The summed E-state index contributed by atoms with van der Waals surface area (Å²) in [7, 11) is 0. The highest BCUT2D eigenvalue weighted by molar-refractivity contribution is 5.93. The zero-order valence-electron chi connectivity index (χ0n) is 12.9. The van der Waals surface area contributed by atoms with E-state index in [0.29, 0.717) is 25.3 Å². The number of hydrogen-bond donors (Lipinski definition) is 1. The summed E-state index contributed by atoms with van der Waals surface area (Å²) >= 11 is 0. The number of hydrogen-bond acceptors (Lipinski definition) is 3. The first kappa shape index (κ1) is 14.8. The second kappa shape index (κ2) is 6.34. The molecule has 3 rings (SSSR count). The zero-order valence-corrected chi connectivity index (χ0v) is 12.9. The quantitative estimate of drug-likeness (QED) is 0.839. The molecule has 6 heteroatoms. The van der Waals surface area contributed by atoms with Crippen molar-refractivity contribution < 1.29 is 9.59 Å². The molecule has 0 saturated carbocycles. The highest BCUT2D eigenvalue weighted by Gasteiger charge is 2.28. The Bertz CT molecular complexity index is 585. The van der Waals surface area contributed by atoms with Gasteiger partial charge in [0.2, 0.25) is 5.91 Å². The number of carbonyl (C=O) groups is 2. The van der Waals surface area contributed by atoms with E-state index in [4.69, 9.17) is 0 Å². The van der Waals surface area contributed by atoms with Crippen LogP contribution in [0.15, 0.2) is 18.5 Å². The second-order valence-corrected chi connectivity index (χ2v) is 5.99. The van der Waals surface area contributed by atoms with Crippen molar-refractivity contribution in [1.82, 2.24) is 19.8 Å². The Kier molecular flexibility index (Phi) is 4.27. The van der Waals surface area contributed by atoms with E-state index in [1.54, 1.807) is 6.33 Å². The normalized spacial score (nSPS) is 19.5. The number of aromatic amines is 1. The van der Waals surface area contributed by atoms with Crippen LogP contribution in [0.1, 0.15) is 35.4 Å². The average molecular weight is 302 g/mol. The Labute approximate surface area is 130 Å². The first-order valence-electron chi connectivity index (χ1n) is 7.90. The molecule has 1 aliphatic carbocycles. The lowest BCUT2D eigenvalue weighted by molar-refractivity contribution is -0.135. The third kappa shape index (κ3) is 2.91. The van der Waals surface area contributed by atoms with Crippen molar-refractivity contribution in [3.05, 3.63) is 29.9 Å². The molecule has 0 bridgehead atoms. The summed E-state index contributed by atoms with van der Waals surface area (Å²) in [5, 5.41) is 0. The minimum absolute atomic E-state index is 0.0458. The Balaban J connectivity index is 1.61. The minimum atomic E-state index is -0.0458. The van der Waals surface area contributed by atoms with Crippen molar-refractivity contribution in [2.24, 2.45) is 5.92 Å². The van der Waals surface area contributed by atoms with Crippen molar-refractivity contribution in [3.8, 4) is 0 Å². The van der Waals surface area contributed by atoms with E-state index < -0.39 is 0 Å². The van der Waals surface area contributed by atoms with Crippen LogP contribution < -0.4 is 0 Å². The molecule has 1 N–H and O–H groups in total. The summed E-state index contributed by atoms with van der Waals surface area (Å²) in [6.07, 6.45) is 8.23. The molecule has 2 heterocycles. The van der Waals surface area contributed by atoms with Gasteiger partial charge in [0.25, 0.3) is 5.91 Å². The summed E-state index contributed by atoms with van der Waals surface area (Å²) < 4.78 is 0. The number of nitrogens with one attached hydrogen (secondary N) is 1. The second-order valence-electron chi connectivity index (χ2n) is 5.99. The lowest BCUT2D eigenvalue weighted by Gasteiger charge is -2.24. The molecule has 2 amide bonds. The Morgan fingerprint density at radius 1 is 1.14 bits per heavy atom. The summed E-state index contributed by atoms with van der Waals surface area (Å²) in [5.74, 6) is 0.293. The molecule has 0 aromatic carbocycles. The number of amides is 2. The lowest BCUT2D eigenvalue weighted by atomic mass is 10.1. The molecule has 118 valence electrons. The highest BCUT2D eigenvalue weighted by Crippen LogP contribution is 2.21. The molecular formula is C16H22N4O2. The number of H-pyrrole nitrogens is 1. The topological polar surface area (TPSA) is 69.3 Å². The third-order valence-corrected chi connectivity index (χ3v) is 4.48. The maximum atomic E-state index is 12.5. The Hall–Kier alpha value is -2.11. The summed E-state index contributed by atoms with van der Waals surface area (Å²) in [6, 6.07) is 0. The fraction of sp³-hybridized carbons (Fsp3) is 0.562. The van der Waals surface area contributed by atoms with Crippen LogP contribution in [0.25, 0.3) is 0 Å². The van der Waals surface area contributed by atoms with Gasteiger partial charge in [-0.2, -0.15) is 0 Å². The molecule has 2 aliphatic rings. The van der Waals surface area contributed by atoms with E-state index >= 15 is 0 Å². The van der Waals surface area contributed by atoms with E-state index in [1.165, 1.54) is 0 Å². The predicted molar refractivity (Wildman–Crippen MR) is 82.3 cm³/mol. The van der Waals surface area contributed by atoms with E-state index in [-0.39, 0.29) is 17.7 Å². The van der Waals surface area contributed by atoms with E-state index in [2.05, 4.69) is 22.1 Å². The molecule has 22 heavy (non-hydrogen) atoms. The highest BCUT2D eigenvalue weighted by atomic mass is 16.2. The summed E-state index contributed by atoms with van der Waals surface area (Å²) in [4.78, 5) is 35.7. The Morgan fingerprint density at radius 2 is 1.82 bits per heavy atom. The van der Waals surface area contributed by atoms with Gasteiger partial charge in [-0.05, 0) is 26.2 Å². The third-order valence-electron chi connectivity index (χ3n) is 4.48. The van der Waals surface area contributed by atoms with Gasteiger partial charge >= 0.3 is 0 Å². The van der Waals surface area contributed by atoms with Crippen LogP contribution in [0, 0.1) is 12.8 Å². The van der Waals surface area contributed by atoms with Crippen molar-refractivity contribution in [1.29, 1.82) is 0 Å². The van der Waals surface area contributed by atoms with Crippen LogP contribution in [0.4, 0.5) is 0 Å². The van der Waals surface area contributed by atoms with Crippen LogP contribution >= 0.6 is 0 Å². The maximum absolute atomic E-state index is 12.5. The number of aromatic nitrogens is 2. The number of rotatable bonds is 2. The first-order valence-corrected chi connectivity index (χ1v) is 7.90. The zero-order chi connectivity index (χ0) is 15.5. The van der Waals surface area contributed by atoms with Crippen molar-refractivity contribution in [2.75, 3.05) is 26.2 Å². The van der Waals surface area contributed by atoms with Crippen molar-refractivity contribution in [3.63, 3.8) is 0 Å². The molecule has 1 fully saturated rings. The number of imidazole rings is 1. The predicted octanol–water partition coefficient (Wildman–Crippen LogP) is 1.36. The lowest BCUT2D eigenvalue weighted by Crippen LogP contribution is -2.39. The van der Waals surface area contributed by atoms with E-state index in [9.17, 15) is 9.59 Å². The number of carbonyl (C=O) groups excluding carboxylic acids is 2. The first-order chi connectivity index (χ1) is 10.7. The summed E-state index contributed by atoms with van der Waals surface area (Å²) in [6.45, 7) is 4.46. The van der Waals surface area contributed by atoms with E-state index in [0.717, 1.165) is 31.5 Å². The van der Waals surface area contributed by atoms with Crippen molar-refractivity contribution in [2.45, 2.75) is 26.2 Å². The number of allylic oxidation sites excluding steroid dienone is 2. The molecule has 6 nitrogen and oxygen atoms in total. The van der Waals surface area contributed by atoms with Gasteiger partial charge < -0.3 is 14.8 Å². The van der Waals surface area contributed by atoms with Gasteiger partial charge in [-0.3, -0.25) is 9.59 Å². The molecule has 1 aliphatic heterocycles. The molecular weight excluding hydrogens is 280 g/mol. The SMILES string of the molecule is Cc1[nH]cnc1C(=O)N1CCCN(C(=O)C2CC=CC2)CC1. The van der Waals surface area contributed by atoms with Crippen LogP contribution in [0.5, 0.6) is 0 Å². The molecule has 0 radical (unpaired) electrons. The van der Waals surface area contributed by atoms with Crippen LogP contribution in [0.3, 0.4) is 0 Å². The van der Waals surface area contributed by atoms with Gasteiger partial charge in [-0.25, -0.2) is 4.98 Å². The average Bonchev–Trinajstić information content (AvgIpc) is 3.12. The molecule has 1 aromatic rings. The Morgan fingerprint density at radius 3 is 2.50 bits per heavy atom. The number of aryl methyl sites for hydroxylation is 1. The smallest absolute Gasteiger partial charge is 0.274 e. The maximum Gasteiger partial charge on any atom is 0.274 e. The summed E-state index contributed by atoms with van der Waals surface area (Å²) in [5.41, 5.74) is 1.28. The van der Waals surface area contributed by atoms with Crippen molar-refractivity contribution >= 4 is 11.8 Å². The van der Waals surface area contributed by atoms with Crippen LogP contribution in [0.2, 0.25) is 0 Å². The van der Waals surface area contributed by atoms with Gasteiger partial charge in [0.1, 0.15) is 5.69 Å². The van der Waals surface area contributed by atoms with Gasteiger partial charge in [0, 0.05) is 37.8 Å². The van der Waals surface area contributed by atoms with Gasteiger partial charge in [0.15, 0.2) is 0 Å². The standard InChI is InChI=1S/C16H22N4O2/c1-12-14(18-11-17-12)16(22)20-8-4-7-19(9-10-20)15(21)13-5-2-3-6-13/h2-3,11,13H,4-10H2,1H3,(H,17,18). The van der Waals surface area contributed by atoms with Crippen LogP contribution in [-0.2, 0) is 4.79 Å².